The van der Waals surface area contributed by atoms with Gasteiger partial charge in [-0.1, -0.05) is 24.6 Å². The SMILES string of the molecule is CCCn1c(C)cc(/C=C(\C#N)C(=O)OCc2csc(N(C(C)=O)c3ccc(C)cc3C)n2)c1C. The van der Waals surface area contributed by atoms with Crippen LogP contribution in [0.5, 0.6) is 0 Å². The third-order valence-electron chi connectivity index (χ3n) is 5.69. The van der Waals surface area contributed by atoms with Crippen molar-refractivity contribution >= 4 is 40.1 Å². The highest BCUT2D eigenvalue weighted by Gasteiger charge is 2.21. The first kappa shape index (κ1) is 25.9. The molecule has 1 amide bonds. The summed E-state index contributed by atoms with van der Waals surface area (Å²) in [6, 6.07) is 9.77. The molecule has 0 radical (unpaired) electrons. The minimum atomic E-state index is -0.708. The van der Waals surface area contributed by atoms with Gasteiger partial charge in [0, 0.05) is 30.2 Å². The molecule has 2 heterocycles. The number of hydrogen-bond donors (Lipinski definition) is 0. The number of thiazole rings is 1. The molecule has 0 saturated heterocycles. The molecule has 0 spiro atoms. The van der Waals surface area contributed by atoms with Crippen LogP contribution in [0.1, 0.15) is 54.0 Å². The van der Waals surface area contributed by atoms with Crippen molar-refractivity contribution in [3.63, 3.8) is 0 Å². The van der Waals surface area contributed by atoms with Gasteiger partial charge in [0.2, 0.25) is 5.91 Å². The van der Waals surface area contributed by atoms with Crippen LogP contribution in [0, 0.1) is 39.0 Å². The normalized spacial score (nSPS) is 11.3. The van der Waals surface area contributed by atoms with Gasteiger partial charge >= 0.3 is 5.97 Å². The van der Waals surface area contributed by atoms with Gasteiger partial charge in [-0.15, -0.1) is 11.3 Å². The van der Waals surface area contributed by atoms with Crippen molar-refractivity contribution in [2.24, 2.45) is 0 Å². The van der Waals surface area contributed by atoms with E-state index in [1.165, 1.54) is 18.3 Å². The van der Waals surface area contributed by atoms with Gasteiger partial charge in [0.1, 0.15) is 18.2 Å². The number of carbonyl (C=O) groups is 2. The van der Waals surface area contributed by atoms with Crippen LogP contribution in [0.25, 0.3) is 6.08 Å². The number of hydrogen-bond acceptors (Lipinski definition) is 6. The second-order valence-corrected chi connectivity index (χ2v) is 9.33. The largest absolute Gasteiger partial charge is 0.455 e. The molecule has 2 aromatic heterocycles. The van der Waals surface area contributed by atoms with Gasteiger partial charge in [0.05, 0.1) is 11.4 Å². The molecule has 0 bridgehead atoms. The minimum absolute atomic E-state index is 0.0714. The van der Waals surface area contributed by atoms with Crippen LogP contribution in [-0.4, -0.2) is 21.4 Å². The zero-order valence-corrected chi connectivity index (χ0v) is 21.8. The zero-order valence-electron chi connectivity index (χ0n) is 21.0. The number of esters is 1. The summed E-state index contributed by atoms with van der Waals surface area (Å²) in [4.78, 5) is 31.1. The Hall–Kier alpha value is -3.70. The van der Waals surface area contributed by atoms with Gasteiger partial charge in [0.15, 0.2) is 5.13 Å². The zero-order chi connectivity index (χ0) is 25.7. The van der Waals surface area contributed by atoms with Crippen molar-refractivity contribution in [2.75, 3.05) is 4.90 Å². The number of ether oxygens (including phenoxy) is 1. The molecular formula is C27H30N4O3S. The molecular weight excluding hydrogens is 460 g/mol. The van der Waals surface area contributed by atoms with Crippen LogP contribution in [0.15, 0.2) is 35.2 Å². The Morgan fingerprint density at radius 1 is 1.23 bits per heavy atom. The third kappa shape index (κ3) is 5.87. The Balaban J connectivity index is 1.75. The summed E-state index contributed by atoms with van der Waals surface area (Å²) >= 11 is 1.29. The van der Waals surface area contributed by atoms with Gasteiger partial charge in [0.25, 0.3) is 0 Å². The van der Waals surface area contributed by atoms with E-state index in [9.17, 15) is 14.9 Å². The number of nitriles is 1. The monoisotopic (exact) mass is 490 g/mol. The Bertz CT molecular complexity index is 1330. The molecule has 7 nitrogen and oxygen atoms in total. The summed E-state index contributed by atoms with van der Waals surface area (Å²) in [7, 11) is 0. The van der Waals surface area contributed by atoms with Crippen LogP contribution in [0.2, 0.25) is 0 Å². The van der Waals surface area contributed by atoms with Crippen molar-refractivity contribution in [3.8, 4) is 6.07 Å². The van der Waals surface area contributed by atoms with Gasteiger partial charge < -0.3 is 9.30 Å². The lowest BCUT2D eigenvalue weighted by Gasteiger charge is -2.20. The van der Waals surface area contributed by atoms with Crippen LogP contribution in [0.3, 0.4) is 0 Å². The molecule has 0 unspecified atom stereocenters. The van der Waals surface area contributed by atoms with E-state index in [0.717, 1.165) is 46.7 Å². The van der Waals surface area contributed by atoms with Crippen molar-refractivity contribution < 1.29 is 14.3 Å². The average molecular weight is 491 g/mol. The standard InChI is InChI=1S/C27H30N4O3S/c1-7-10-30-19(4)12-22(20(30)5)13-23(14-28)26(33)34-15-24-16-35-27(29-24)31(21(6)32)25-9-8-17(2)11-18(25)3/h8-9,11-13,16H,7,10,15H2,1-6H3/b23-13+. The molecule has 0 aliphatic heterocycles. The van der Waals surface area contributed by atoms with E-state index in [-0.39, 0.29) is 18.1 Å². The highest BCUT2D eigenvalue weighted by Crippen LogP contribution is 2.32. The predicted octanol–water partition coefficient (Wildman–Crippen LogP) is 5.92. The summed E-state index contributed by atoms with van der Waals surface area (Å²) in [5.74, 6) is -0.870. The number of aromatic nitrogens is 2. The summed E-state index contributed by atoms with van der Waals surface area (Å²) in [5, 5.41) is 11.8. The Morgan fingerprint density at radius 2 is 1.97 bits per heavy atom. The number of anilines is 2. The molecule has 0 aliphatic rings. The lowest BCUT2D eigenvalue weighted by atomic mass is 10.1. The van der Waals surface area contributed by atoms with Crippen molar-refractivity contribution in [3.05, 3.63) is 69.0 Å². The molecule has 3 rings (SSSR count). The molecule has 3 aromatic rings. The van der Waals surface area contributed by atoms with Gasteiger partial charge in [-0.05, 0) is 63.5 Å². The summed E-state index contributed by atoms with van der Waals surface area (Å²) in [5.41, 5.74) is 6.17. The summed E-state index contributed by atoms with van der Waals surface area (Å²) in [6.45, 7) is 12.3. The van der Waals surface area contributed by atoms with Gasteiger partial charge in [-0.2, -0.15) is 5.26 Å². The lowest BCUT2D eigenvalue weighted by Crippen LogP contribution is -2.23. The quantitative estimate of drug-likeness (QED) is 0.222. The van der Waals surface area contributed by atoms with E-state index in [4.69, 9.17) is 4.74 Å². The van der Waals surface area contributed by atoms with Gasteiger partial charge in [-0.25, -0.2) is 9.78 Å². The third-order valence-corrected chi connectivity index (χ3v) is 6.56. The molecule has 35 heavy (non-hydrogen) atoms. The topological polar surface area (TPSA) is 88.2 Å². The maximum Gasteiger partial charge on any atom is 0.349 e. The van der Waals surface area contributed by atoms with E-state index in [0.29, 0.717) is 10.8 Å². The number of nitrogens with zero attached hydrogens (tertiary/aromatic N) is 4. The number of aryl methyl sites for hydroxylation is 3. The second kappa shape index (κ2) is 11.2. The maximum atomic E-state index is 12.6. The average Bonchev–Trinajstić information content (AvgIpc) is 3.37. The Labute approximate surface area is 210 Å². The number of amides is 1. The van der Waals surface area contributed by atoms with Crippen LogP contribution < -0.4 is 4.90 Å². The van der Waals surface area contributed by atoms with E-state index >= 15 is 0 Å². The van der Waals surface area contributed by atoms with Crippen molar-refractivity contribution in [1.82, 2.24) is 9.55 Å². The van der Waals surface area contributed by atoms with Crippen LogP contribution in [-0.2, 0) is 27.5 Å². The first-order valence-corrected chi connectivity index (χ1v) is 12.3. The molecule has 0 N–H and O–H groups in total. The molecule has 0 aliphatic carbocycles. The maximum absolute atomic E-state index is 12.6. The molecule has 0 atom stereocenters. The fourth-order valence-corrected chi connectivity index (χ4v) is 4.84. The molecule has 1 aromatic carbocycles. The number of benzene rings is 1. The fraction of sp³-hybridized carbons (Fsp3) is 0.333. The van der Waals surface area contributed by atoms with Gasteiger partial charge in [-0.3, -0.25) is 9.69 Å². The Morgan fingerprint density at radius 3 is 2.60 bits per heavy atom. The van der Waals surface area contributed by atoms with E-state index < -0.39 is 5.97 Å². The van der Waals surface area contributed by atoms with E-state index in [2.05, 4.69) is 16.5 Å². The van der Waals surface area contributed by atoms with E-state index in [1.807, 2.05) is 58.0 Å². The number of rotatable bonds is 8. The molecule has 8 heteroatoms. The number of carbonyl (C=O) groups excluding carboxylic acids is 2. The van der Waals surface area contributed by atoms with Crippen LogP contribution in [0.4, 0.5) is 10.8 Å². The summed E-state index contributed by atoms with van der Waals surface area (Å²) < 4.78 is 7.55. The van der Waals surface area contributed by atoms with E-state index in [1.54, 1.807) is 16.4 Å². The van der Waals surface area contributed by atoms with Crippen molar-refractivity contribution in [2.45, 2.75) is 61.1 Å². The molecule has 182 valence electrons. The molecule has 0 fully saturated rings. The van der Waals surface area contributed by atoms with Crippen LogP contribution >= 0.6 is 11.3 Å². The first-order chi connectivity index (χ1) is 16.7. The first-order valence-electron chi connectivity index (χ1n) is 11.4. The minimum Gasteiger partial charge on any atom is -0.455 e. The van der Waals surface area contributed by atoms with Crippen molar-refractivity contribution in [1.29, 1.82) is 5.26 Å². The smallest absolute Gasteiger partial charge is 0.349 e. The highest BCUT2D eigenvalue weighted by atomic mass is 32.1. The predicted molar refractivity (Wildman–Crippen MR) is 138 cm³/mol. The fourth-order valence-electron chi connectivity index (χ4n) is 3.98. The highest BCUT2D eigenvalue weighted by molar-refractivity contribution is 7.14. The second-order valence-electron chi connectivity index (χ2n) is 8.49. The molecule has 0 saturated carbocycles. The Kier molecular flexibility index (Phi) is 8.26. The lowest BCUT2D eigenvalue weighted by molar-refractivity contribution is -0.139. The summed E-state index contributed by atoms with van der Waals surface area (Å²) in [6.07, 6.45) is 2.56.